The molecule has 0 unspecified atom stereocenters. The van der Waals surface area contributed by atoms with Gasteiger partial charge in [0.2, 0.25) is 0 Å². The Morgan fingerprint density at radius 1 is 1.54 bits per heavy atom. The lowest BCUT2D eigenvalue weighted by Gasteiger charge is -2.22. The highest BCUT2D eigenvalue weighted by Crippen LogP contribution is 2.33. The minimum absolute atomic E-state index is 0.0886. The van der Waals surface area contributed by atoms with Gasteiger partial charge in [-0.2, -0.15) is 0 Å². The van der Waals surface area contributed by atoms with Crippen LogP contribution in [0.5, 0.6) is 0 Å². The summed E-state index contributed by atoms with van der Waals surface area (Å²) in [6.45, 7) is 5.38. The van der Waals surface area contributed by atoms with Crippen molar-refractivity contribution < 1.29 is 4.42 Å². The fourth-order valence-corrected chi connectivity index (χ4v) is 2.07. The third-order valence-electron chi connectivity index (χ3n) is 2.23. The molecule has 3 heteroatoms. The lowest BCUT2D eigenvalue weighted by Crippen LogP contribution is -2.23. The van der Waals surface area contributed by atoms with Crippen LogP contribution in [0.15, 0.2) is 21.2 Å². The summed E-state index contributed by atoms with van der Waals surface area (Å²) in [5.41, 5.74) is 0.0886. The molecular formula is C10H16BrNO. The molecule has 1 N–H and O–H groups in total. The first-order chi connectivity index (χ1) is 6.08. The molecule has 74 valence electrons. The van der Waals surface area contributed by atoms with Crippen molar-refractivity contribution in [3.8, 4) is 0 Å². The molecule has 0 bridgehead atoms. The highest BCUT2D eigenvalue weighted by atomic mass is 79.9. The largest absolute Gasteiger partial charge is 0.468 e. The van der Waals surface area contributed by atoms with Crippen LogP contribution < -0.4 is 5.32 Å². The van der Waals surface area contributed by atoms with Gasteiger partial charge in [-0.15, -0.1) is 0 Å². The Hall–Kier alpha value is -0.280. The van der Waals surface area contributed by atoms with E-state index in [1.165, 1.54) is 0 Å². The van der Waals surface area contributed by atoms with Gasteiger partial charge in [-0.05, 0) is 42.0 Å². The standard InChI is InChI=1S/C10H16BrNO/c1-10(2,5-6-12-3)9-8(11)4-7-13-9/h4,7,12H,5-6H2,1-3H3. The zero-order chi connectivity index (χ0) is 9.90. The maximum Gasteiger partial charge on any atom is 0.123 e. The van der Waals surface area contributed by atoms with E-state index in [1.54, 1.807) is 6.26 Å². The van der Waals surface area contributed by atoms with Gasteiger partial charge in [0.1, 0.15) is 5.76 Å². The summed E-state index contributed by atoms with van der Waals surface area (Å²) in [7, 11) is 1.97. The van der Waals surface area contributed by atoms with Crippen LogP contribution in [0.4, 0.5) is 0 Å². The van der Waals surface area contributed by atoms with Crippen molar-refractivity contribution in [3.63, 3.8) is 0 Å². The first-order valence-electron chi connectivity index (χ1n) is 4.46. The van der Waals surface area contributed by atoms with Crippen LogP contribution in [0.3, 0.4) is 0 Å². The van der Waals surface area contributed by atoms with Crippen molar-refractivity contribution in [1.82, 2.24) is 5.32 Å². The Bertz CT molecular complexity index is 268. The molecule has 0 radical (unpaired) electrons. The summed E-state index contributed by atoms with van der Waals surface area (Å²) in [4.78, 5) is 0. The lowest BCUT2D eigenvalue weighted by atomic mass is 9.86. The van der Waals surface area contributed by atoms with E-state index in [9.17, 15) is 0 Å². The van der Waals surface area contributed by atoms with Crippen LogP contribution in [-0.2, 0) is 5.41 Å². The van der Waals surface area contributed by atoms with Gasteiger partial charge in [0.05, 0.1) is 10.7 Å². The van der Waals surface area contributed by atoms with Crippen LogP contribution in [0.25, 0.3) is 0 Å². The zero-order valence-corrected chi connectivity index (χ0v) is 9.94. The number of nitrogens with one attached hydrogen (secondary N) is 1. The molecule has 0 fully saturated rings. The zero-order valence-electron chi connectivity index (χ0n) is 8.36. The van der Waals surface area contributed by atoms with E-state index in [1.807, 2.05) is 13.1 Å². The third-order valence-corrected chi connectivity index (χ3v) is 2.86. The van der Waals surface area contributed by atoms with Gasteiger partial charge in [0, 0.05) is 5.41 Å². The molecule has 0 aliphatic heterocycles. The summed E-state index contributed by atoms with van der Waals surface area (Å²) in [5, 5.41) is 3.15. The van der Waals surface area contributed by atoms with E-state index in [-0.39, 0.29) is 5.41 Å². The third kappa shape index (κ3) is 2.58. The monoisotopic (exact) mass is 245 g/mol. The summed E-state index contributed by atoms with van der Waals surface area (Å²) in [5.74, 6) is 1.03. The van der Waals surface area contributed by atoms with Crippen molar-refractivity contribution in [2.75, 3.05) is 13.6 Å². The lowest BCUT2D eigenvalue weighted by molar-refractivity contribution is 0.359. The Kier molecular flexibility index (Phi) is 3.56. The second-order valence-electron chi connectivity index (χ2n) is 3.84. The van der Waals surface area contributed by atoms with E-state index < -0.39 is 0 Å². The summed E-state index contributed by atoms with van der Waals surface area (Å²) < 4.78 is 6.51. The molecular weight excluding hydrogens is 230 g/mol. The highest BCUT2D eigenvalue weighted by Gasteiger charge is 2.25. The van der Waals surface area contributed by atoms with Gasteiger partial charge < -0.3 is 9.73 Å². The molecule has 0 aromatic carbocycles. The van der Waals surface area contributed by atoms with Crippen LogP contribution in [0.2, 0.25) is 0 Å². The van der Waals surface area contributed by atoms with Crippen molar-refractivity contribution in [3.05, 3.63) is 22.6 Å². The number of halogens is 1. The molecule has 1 aromatic heterocycles. The van der Waals surface area contributed by atoms with Gasteiger partial charge >= 0.3 is 0 Å². The molecule has 1 heterocycles. The Labute approximate surface area is 87.8 Å². The molecule has 2 nitrogen and oxygen atoms in total. The molecule has 0 aliphatic carbocycles. The van der Waals surface area contributed by atoms with Crippen LogP contribution in [0, 0.1) is 0 Å². The van der Waals surface area contributed by atoms with Crippen LogP contribution in [0.1, 0.15) is 26.0 Å². The number of hydrogen-bond acceptors (Lipinski definition) is 2. The van der Waals surface area contributed by atoms with Gasteiger partial charge in [0.25, 0.3) is 0 Å². The summed E-state index contributed by atoms with van der Waals surface area (Å²) in [6.07, 6.45) is 2.79. The molecule has 0 saturated carbocycles. The molecule has 13 heavy (non-hydrogen) atoms. The maximum atomic E-state index is 5.45. The van der Waals surface area contributed by atoms with Crippen molar-refractivity contribution >= 4 is 15.9 Å². The number of hydrogen-bond donors (Lipinski definition) is 1. The highest BCUT2D eigenvalue weighted by molar-refractivity contribution is 9.10. The molecule has 0 amide bonds. The van der Waals surface area contributed by atoms with Crippen LogP contribution >= 0.6 is 15.9 Å². The number of rotatable bonds is 4. The van der Waals surface area contributed by atoms with Gasteiger partial charge in [-0.3, -0.25) is 0 Å². The molecule has 0 saturated heterocycles. The topological polar surface area (TPSA) is 25.2 Å². The maximum absolute atomic E-state index is 5.45. The fraction of sp³-hybridized carbons (Fsp3) is 0.600. The van der Waals surface area contributed by atoms with Crippen molar-refractivity contribution in [2.45, 2.75) is 25.7 Å². The average Bonchev–Trinajstić information content (AvgIpc) is 2.48. The smallest absolute Gasteiger partial charge is 0.123 e. The molecule has 0 atom stereocenters. The number of furan rings is 1. The normalized spacial score (nSPS) is 12.0. The minimum atomic E-state index is 0.0886. The van der Waals surface area contributed by atoms with Gasteiger partial charge in [-0.25, -0.2) is 0 Å². The van der Waals surface area contributed by atoms with E-state index in [0.717, 1.165) is 23.2 Å². The Morgan fingerprint density at radius 3 is 2.69 bits per heavy atom. The van der Waals surface area contributed by atoms with Gasteiger partial charge in [-0.1, -0.05) is 13.8 Å². The van der Waals surface area contributed by atoms with E-state index in [0.29, 0.717) is 0 Å². The molecule has 1 rings (SSSR count). The fourth-order valence-electron chi connectivity index (χ4n) is 1.33. The second kappa shape index (κ2) is 4.29. The predicted octanol–water partition coefficient (Wildman–Crippen LogP) is 2.93. The Balaban J connectivity index is 2.74. The van der Waals surface area contributed by atoms with Crippen LogP contribution in [-0.4, -0.2) is 13.6 Å². The second-order valence-corrected chi connectivity index (χ2v) is 4.69. The Morgan fingerprint density at radius 2 is 2.23 bits per heavy atom. The van der Waals surface area contributed by atoms with Crippen molar-refractivity contribution in [2.24, 2.45) is 0 Å². The van der Waals surface area contributed by atoms with Crippen molar-refractivity contribution in [1.29, 1.82) is 0 Å². The van der Waals surface area contributed by atoms with E-state index >= 15 is 0 Å². The summed E-state index contributed by atoms with van der Waals surface area (Å²) >= 11 is 3.48. The SMILES string of the molecule is CNCCC(C)(C)c1occc1Br. The minimum Gasteiger partial charge on any atom is -0.468 e. The summed E-state index contributed by atoms with van der Waals surface area (Å²) in [6, 6.07) is 1.94. The first-order valence-corrected chi connectivity index (χ1v) is 5.25. The first kappa shape index (κ1) is 10.8. The molecule has 0 spiro atoms. The molecule has 0 aliphatic rings. The van der Waals surface area contributed by atoms with E-state index in [4.69, 9.17) is 4.42 Å². The average molecular weight is 246 g/mol. The molecule has 1 aromatic rings. The van der Waals surface area contributed by atoms with E-state index in [2.05, 4.69) is 35.1 Å². The van der Waals surface area contributed by atoms with Gasteiger partial charge in [0.15, 0.2) is 0 Å². The quantitative estimate of drug-likeness (QED) is 0.883. The predicted molar refractivity (Wildman–Crippen MR) is 58.0 cm³/mol.